The summed E-state index contributed by atoms with van der Waals surface area (Å²) in [6.45, 7) is 5.72. The van der Waals surface area contributed by atoms with E-state index in [0.717, 1.165) is 27.7 Å². The standard InChI is InChI=1S/C19H16O/c1-3-5-10-16-17-13-12-14-9-6-7-11-15(14)19(17)20-18(16)8-4-2/h3-13H,1H2,2H3/b8-4-,10-5-. The van der Waals surface area contributed by atoms with Crippen molar-refractivity contribution in [3.05, 3.63) is 72.5 Å². The zero-order valence-corrected chi connectivity index (χ0v) is 11.5. The number of rotatable bonds is 3. The van der Waals surface area contributed by atoms with Crippen molar-refractivity contribution < 1.29 is 4.42 Å². The first-order valence-corrected chi connectivity index (χ1v) is 6.71. The maximum Gasteiger partial charge on any atom is 0.143 e. The molecular weight excluding hydrogens is 244 g/mol. The van der Waals surface area contributed by atoms with Crippen LogP contribution in [0.4, 0.5) is 0 Å². The number of furan rings is 1. The summed E-state index contributed by atoms with van der Waals surface area (Å²) in [7, 11) is 0. The summed E-state index contributed by atoms with van der Waals surface area (Å²) in [6, 6.07) is 12.5. The molecule has 0 saturated heterocycles. The van der Waals surface area contributed by atoms with Crippen molar-refractivity contribution >= 4 is 33.9 Å². The highest BCUT2D eigenvalue weighted by atomic mass is 16.3. The van der Waals surface area contributed by atoms with E-state index in [-0.39, 0.29) is 0 Å². The van der Waals surface area contributed by atoms with Crippen LogP contribution >= 0.6 is 0 Å². The van der Waals surface area contributed by atoms with E-state index in [1.165, 1.54) is 5.39 Å². The summed E-state index contributed by atoms with van der Waals surface area (Å²) in [6.07, 6.45) is 9.75. The molecule has 0 fully saturated rings. The van der Waals surface area contributed by atoms with Gasteiger partial charge in [0.15, 0.2) is 0 Å². The average molecular weight is 260 g/mol. The summed E-state index contributed by atoms with van der Waals surface area (Å²) in [5, 5.41) is 3.48. The number of allylic oxidation sites excluding steroid dienone is 3. The third-order valence-electron chi connectivity index (χ3n) is 3.36. The molecule has 2 aromatic carbocycles. The van der Waals surface area contributed by atoms with Gasteiger partial charge in [-0.1, -0.05) is 61.2 Å². The summed E-state index contributed by atoms with van der Waals surface area (Å²) in [4.78, 5) is 0. The van der Waals surface area contributed by atoms with Crippen LogP contribution < -0.4 is 0 Å². The van der Waals surface area contributed by atoms with Crippen molar-refractivity contribution in [1.82, 2.24) is 0 Å². The lowest BCUT2D eigenvalue weighted by molar-refractivity contribution is 0.606. The van der Waals surface area contributed by atoms with Crippen LogP contribution in [0.1, 0.15) is 18.2 Å². The first-order chi connectivity index (χ1) is 9.85. The molecule has 1 heterocycles. The van der Waals surface area contributed by atoms with Crippen LogP contribution in [0.15, 0.2) is 65.6 Å². The molecule has 20 heavy (non-hydrogen) atoms. The molecule has 0 spiro atoms. The monoisotopic (exact) mass is 260 g/mol. The third kappa shape index (κ3) is 1.97. The van der Waals surface area contributed by atoms with E-state index in [2.05, 4.69) is 30.8 Å². The Balaban J connectivity index is 2.40. The van der Waals surface area contributed by atoms with Gasteiger partial charge in [0, 0.05) is 16.3 Å². The molecule has 0 aliphatic rings. The molecule has 0 amide bonds. The zero-order valence-electron chi connectivity index (χ0n) is 11.5. The van der Waals surface area contributed by atoms with Crippen LogP contribution in [0, 0.1) is 0 Å². The van der Waals surface area contributed by atoms with Gasteiger partial charge in [-0.25, -0.2) is 0 Å². The number of hydrogen-bond donors (Lipinski definition) is 0. The quantitative estimate of drug-likeness (QED) is 0.541. The minimum Gasteiger partial charge on any atom is -0.455 e. The van der Waals surface area contributed by atoms with Gasteiger partial charge in [0.25, 0.3) is 0 Å². The van der Waals surface area contributed by atoms with Gasteiger partial charge in [-0.05, 0) is 24.5 Å². The molecule has 3 aromatic rings. The highest BCUT2D eigenvalue weighted by molar-refractivity contribution is 6.08. The smallest absolute Gasteiger partial charge is 0.143 e. The minimum atomic E-state index is 0.886. The van der Waals surface area contributed by atoms with Gasteiger partial charge in [0.2, 0.25) is 0 Å². The molecule has 1 aromatic heterocycles. The highest BCUT2D eigenvalue weighted by Crippen LogP contribution is 2.33. The summed E-state index contributed by atoms with van der Waals surface area (Å²) in [5.74, 6) is 0.886. The summed E-state index contributed by atoms with van der Waals surface area (Å²) < 4.78 is 6.08. The first-order valence-electron chi connectivity index (χ1n) is 6.71. The maximum atomic E-state index is 6.08. The molecule has 1 nitrogen and oxygen atoms in total. The summed E-state index contributed by atoms with van der Waals surface area (Å²) in [5.41, 5.74) is 2.05. The van der Waals surface area contributed by atoms with Crippen molar-refractivity contribution in [3.8, 4) is 0 Å². The molecule has 0 saturated carbocycles. The topological polar surface area (TPSA) is 13.1 Å². The van der Waals surface area contributed by atoms with Crippen molar-refractivity contribution in [2.75, 3.05) is 0 Å². The van der Waals surface area contributed by atoms with Crippen LogP contribution in [0.5, 0.6) is 0 Å². The van der Waals surface area contributed by atoms with Gasteiger partial charge in [0.1, 0.15) is 11.3 Å². The molecule has 0 aliphatic heterocycles. The molecular formula is C19H16O. The molecule has 3 rings (SSSR count). The fourth-order valence-electron chi connectivity index (χ4n) is 2.47. The Bertz CT molecular complexity index is 831. The fraction of sp³-hybridized carbons (Fsp3) is 0.0526. The molecule has 0 radical (unpaired) electrons. The van der Waals surface area contributed by atoms with E-state index in [1.54, 1.807) is 6.08 Å². The van der Waals surface area contributed by atoms with Crippen molar-refractivity contribution in [1.29, 1.82) is 0 Å². The predicted molar refractivity (Wildman–Crippen MR) is 87.7 cm³/mol. The van der Waals surface area contributed by atoms with E-state index >= 15 is 0 Å². The molecule has 0 N–H and O–H groups in total. The van der Waals surface area contributed by atoms with Gasteiger partial charge < -0.3 is 4.42 Å². The lowest BCUT2D eigenvalue weighted by Gasteiger charge is -1.97. The fourth-order valence-corrected chi connectivity index (χ4v) is 2.47. The highest BCUT2D eigenvalue weighted by Gasteiger charge is 2.12. The Morgan fingerprint density at radius 2 is 1.85 bits per heavy atom. The van der Waals surface area contributed by atoms with Gasteiger partial charge in [-0.3, -0.25) is 0 Å². The Labute approximate surface area is 118 Å². The van der Waals surface area contributed by atoms with Crippen LogP contribution in [0.2, 0.25) is 0 Å². The van der Waals surface area contributed by atoms with Crippen molar-refractivity contribution in [2.24, 2.45) is 0 Å². The van der Waals surface area contributed by atoms with Crippen LogP contribution in [0.3, 0.4) is 0 Å². The lowest BCUT2D eigenvalue weighted by atomic mass is 10.0. The number of hydrogen-bond acceptors (Lipinski definition) is 1. The molecule has 0 aliphatic carbocycles. The third-order valence-corrected chi connectivity index (χ3v) is 3.36. The molecule has 98 valence electrons. The van der Waals surface area contributed by atoms with Crippen LogP contribution in [-0.4, -0.2) is 0 Å². The molecule has 1 heteroatoms. The van der Waals surface area contributed by atoms with Crippen molar-refractivity contribution in [3.63, 3.8) is 0 Å². The normalized spacial score (nSPS) is 12.1. The van der Waals surface area contributed by atoms with Gasteiger partial charge in [-0.15, -0.1) is 0 Å². The number of benzene rings is 2. The first kappa shape index (κ1) is 12.5. The lowest BCUT2D eigenvalue weighted by Crippen LogP contribution is -1.75. The van der Waals surface area contributed by atoms with Gasteiger partial charge in [0.05, 0.1) is 0 Å². The average Bonchev–Trinajstić information content (AvgIpc) is 2.83. The second-order valence-electron chi connectivity index (χ2n) is 4.64. The van der Waals surface area contributed by atoms with Crippen molar-refractivity contribution in [2.45, 2.75) is 6.92 Å². The second-order valence-corrected chi connectivity index (χ2v) is 4.64. The summed E-state index contributed by atoms with van der Waals surface area (Å²) >= 11 is 0. The van der Waals surface area contributed by atoms with Gasteiger partial charge >= 0.3 is 0 Å². The van der Waals surface area contributed by atoms with Crippen LogP contribution in [-0.2, 0) is 0 Å². The van der Waals surface area contributed by atoms with E-state index in [1.807, 2.05) is 43.4 Å². The predicted octanol–water partition coefficient (Wildman–Crippen LogP) is 5.82. The second kappa shape index (κ2) is 5.22. The van der Waals surface area contributed by atoms with E-state index in [9.17, 15) is 0 Å². The van der Waals surface area contributed by atoms with Gasteiger partial charge in [-0.2, -0.15) is 0 Å². The Kier molecular flexibility index (Phi) is 3.26. The molecule has 0 bridgehead atoms. The van der Waals surface area contributed by atoms with E-state index in [0.29, 0.717) is 0 Å². The Morgan fingerprint density at radius 1 is 1.00 bits per heavy atom. The Hall–Kier alpha value is -2.54. The number of fused-ring (bicyclic) bond motifs is 3. The molecule has 0 unspecified atom stereocenters. The SMILES string of the molecule is C=C/C=C\c1c(/C=C\C)oc2c1ccc1ccccc12. The Morgan fingerprint density at radius 3 is 2.65 bits per heavy atom. The maximum absolute atomic E-state index is 6.08. The van der Waals surface area contributed by atoms with E-state index < -0.39 is 0 Å². The molecule has 0 atom stereocenters. The van der Waals surface area contributed by atoms with E-state index in [4.69, 9.17) is 4.42 Å². The van der Waals surface area contributed by atoms with Crippen LogP contribution in [0.25, 0.3) is 33.9 Å². The largest absolute Gasteiger partial charge is 0.455 e. The zero-order chi connectivity index (χ0) is 13.9. The minimum absolute atomic E-state index is 0.886.